The van der Waals surface area contributed by atoms with E-state index in [1.807, 2.05) is 34.6 Å². The summed E-state index contributed by atoms with van der Waals surface area (Å²) in [4.78, 5) is 0. The zero-order valence-corrected chi connectivity index (χ0v) is 12.3. The van der Waals surface area contributed by atoms with E-state index in [9.17, 15) is 0 Å². The van der Waals surface area contributed by atoms with E-state index in [0.717, 1.165) is 10.2 Å². The molecule has 0 fully saturated rings. The van der Waals surface area contributed by atoms with E-state index in [0.29, 0.717) is 19.8 Å². The molecule has 4 heteroatoms. The molecule has 0 radical (unpaired) electrons. The Morgan fingerprint density at radius 2 is 1.21 bits per heavy atom. The van der Waals surface area contributed by atoms with Crippen molar-refractivity contribution in [2.45, 2.75) is 45.6 Å². The zero-order chi connectivity index (χ0) is 11.2. The molecular formula is C10H24O3Si. The van der Waals surface area contributed by atoms with E-state index < -0.39 is 5.41 Å². The molecule has 0 amide bonds. The Labute approximate surface area is 90.5 Å². The molecule has 0 N–H and O–H groups in total. The summed E-state index contributed by atoms with van der Waals surface area (Å²) in [6, 6.07) is 0. The van der Waals surface area contributed by atoms with Crippen LogP contribution in [0.5, 0.6) is 0 Å². The van der Waals surface area contributed by atoms with Gasteiger partial charge in [-0.1, -0.05) is 0 Å². The van der Waals surface area contributed by atoms with Crippen LogP contribution >= 0.6 is 0 Å². The molecule has 0 spiro atoms. The second-order valence-electron chi connectivity index (χ2n) is 3.76. The van der Waals surface area contributed by atoms with E-state index >= 15 is 0 Å². The van der Waals surface area contributed by atoms with Gasteiger partial charge in [0.1, 0.15) is 5.60 Å². The van der Waals surface area contributed by atoms with Crippen LogP contribution in [0.1, 0.15) is 34.6 Å². The van der Waals surface area contributed by atoms with Crippen LogP contribution in [0.4, 0.5) is 0 Å². The van der Waals surface area contributed by atoms with Crippen molar-refractivity contribution in [3.8, 4) is 0 Å². The number of hydrogen-bond donors (Lipinski definition) is 0. The maximum atomic E-state index is 5.70. The lowest BCUT2D eigenvalue weighted by molar-refractivity contribution is -0.269. The lowest BCUT2D eigenvalue weighted by atomic mass is 10.1. The summed E-state index contributed by atoms with van der Waals surface area (Å²) in [5.41, 5.74) is -0.910. The molecule has 0 aromatic rings. The predicted molar refractivity (Wildman–Crippen MR) is 61.6 cm³/mol. The SMILES string of the molecule is CCOC(C)(C)C([SiH3])(OCC)OCC. The Morgan fingerprint density at radius 3 is 1.50 bits per heavy atom. The van der Waals surface area contributed by atoms with Crippen molar-refractivity contribution in [2.24, 2.45) is 0 Å². The van der Waals surface area contributed by atoms with Crippen molar-refractivity contribution in [3.63, 3.8) is 0 Å². The van der Waals surface area contributed by atoms with E-state index in [4.69, 9.17) is 14.2 Å². The van der Waals surface area contributed by atoms with E-state index in [1.54, 1.807) is 0 Å². The third-order valence-corrected chi connectivity index (χ3v) is 4.22. The molecule has 0 saturated heterocycles. The molecule has 0 unspecified atom stereocenters. The van der Waals surface area contributed by atoms with E-state index in [1.165, 1.54) is 0 Å². The number of ether oxygens (including phenoxy) is 3. The minimum atomic E-state index is -0.535. The van der Waals surface area contributed by atoms with Gasteiger partial charge in [0, 0.05) is 19.8 Å². The van der Waals surface area contributed by atoms with Crippen LogP contribution in [0.25, 0.3) is 0 Å². The Bertz CT molecular complexity index is 153. The number of rotatable bonds is 7. The average Bonchev–Trinajstić information content (AvgIpc) is 2.04. The van der Waals surface area contributed by atoms with E-state index in [2.05, 4.69) is 0 Å². The minimum Gasteiger partial charge on any atom is -0.371 e. The largest absolute Gasteiger partial charge is 0.371 e. The highest BCUT2D eigenvalue weighted by molar-refractivity contribution is 6.14. The zero-order valence-electron chi connectivity index (χ0n) is 10.3. The molecule has 3 nitrogen and oxygen atoms in total. The lowest BCUT2D eigenvalue weighted by Gasteiger charge is -2.43. The summed E-state index contributed by atoms with van der Waals surface area (Å²) >= 11 is 0. The molecule has 14 heavy (non-hydrogen) atoms. The smallest absolute Gasteiger partial charge is 0.168 e. The van der Waals surface area contributed by atoms with Crippen molar-refractivity contribution in [1.29, 1.82) is 0 Å². The van der Waals surface area contributed by atoms with Crippen molar-refractivity contribution in [3.05, 3.63) is 0 Å². The first-order valence-corrected chi connectivity index (χ1v) is 6.35. The summed E-state index contributed by atoms with van der Waals surface area (Å²) in [5.74, 6) is 0. The van der Waals surface area contributed by atoms with Crippen molar-refractivity contribution in [2.75, 3.05) is 19.8 Å². The summed E-state index contributed by atoms with van der Waals surface area (Å²) in [6.45, 7) is 12.0. The Kier molecular flexibility index (Phi) is 5.89. The maximum absolute atomic E-state index is 5.70. The molecule has 0 aliphatic carbocycles. The van der Waals surface area contributed by atoms with Crippen LogP contribution < -0.4 is 0 Å². The summed E-state index contributed by atoms with van der Waals surface area (Å²) in [7, 11) is 0.791. The third-order valence-electron chi connectivity index (χ3n) is 2.44. The van der Waals surface area contributed by atoms with Gasteiger partial charge in [-0.3, -0.25) is 0 Å². The monoisotopic (exact) mass is 220 g/mol. The molecule has 0 aliphatic heterocycles. The minimum absolute atomic E-state index is 0.375. The molecule has 0 atom stereocenters. The van der Waals surface area contributed by atoms with Gasteiger partial charge in [-0.2, -0.15) is 0 Å². The highest BCUT2D eigenvalue weighted by Gasteiger charge is 2.43. The molecule has 0 aromatic carbocycles. The van der Waals surface area contributed by atoms with Crippen LogP contribution in [-0.4, -0.2) is 41.1 Å². The van der Waals surface area contributed by atoms with Crippen molar-refractivity contribution >= 4 is 10.2 Å². The first-order valence-electron chi connectivity index (χ1n) is 5.35. The van der Waals surface area contributed by atoms with Gasteiger partial charge in [0.2, 0.25) is 0 Å². The first kappa shape index (κ1) is 14.1. The van der Waals surface area contributed by atoms with Gasteiger partial charge >= 0.3 is 0 Å². The van der Waals surface area contributed by atoms with Crippen molar-refractivity contribution in [1.82, 2.24) is 0 Å². The molecular weight excluding hydrogens is 196 g/mol. The summed E-state index contributed by atoms with van der Waals surface area (Å²) in [5, 5.41) is 0. The Morgan fingerprint density at radius 1 is 0.857 bits per heavy atom. The normalized spacial score (nSPS) is 13.5. The maximum Gasteiger partial charge on any atom is 0.168 e. The first-order chi connectivity index (χ1) is 6.43. The van der Waals surface area contributed by atoms with E-state index in [-0.39, 0.29) is 5.60 Å². The van der Waals surface area contributed by atoms with Gasteiger partial charge in [0.15, 0.2) is 5.41 Å². The van der Waals surface area contributed by atoms with Gasteiger partial charge in [0.05, 0.1) is 10.2 Å². The van der Waals surface area contributed by atoms with Gasteiger partial charge in [-0.15, -0.1) is 0 Å². The van der Waals surface area contributed by atoms with Crippen LogP contribution in [0.3, 0.4) is 0 Å². The predicted octanol–water partition coefficient (Wildman–Crippen LogP) is 0.894. The molecule has 86 valence electrons. The van der Waals surface area contributed by atoms with Gasteiger partial charge in [-0.25, -0.2) is 0 Å². The van der Waals surface area contributed by atoms with Crippen LogP contribution in [0.15, 0.2) is 0 Å². The summed E-state index contributed by atoms with van der Waals surface area (Å²) < 4.78 is 17.1. The van der Waals surface area contributed by atoms with Gasteiger partial charge < -0.3 is 14.2 Å². The Balaban J connectivity index is 4.59. The highest BCUT2D eigenvalue weighted by Crippen LogP contribution is 2.28. The molecule has 0 aliphatic rings. The average molecular weight is 220 g/mol. The standard InChI is InChI=1S/C10H24O3Si/c1-6-11-9(4,5)10(14,12-7-2)13-8-3/h6-8H2,1-5,14H3. The molecule has 0 aromatic heterocycles. The van der Waals surface area contributed by atoms with Crippen molar-refractivity contribution < 1.29 is 14.2 Å². The number of hydrogen-bond acceptors (Lipinski definition) is 3. The molecule has 0 rings (SSSR count). The fourth-order valence-electron chi connectivity index (χ4n) is 1.43. The fraction of sp³-hybridized carbons (Fsp3) is 1.00. The fourth-order valence-corrected chi connectivity index (χ4v) is 2.15. The van der Waals surface area contributed by atoms with Gasteiger partial charge in [0.25, 0.3) is 0 Å². The Hall–Kier alpha value is 0.0969. The summed E-state index contributed by atoms with van der Waals surface area (Å²) in [6.07, 6.45) is 0. The second kappa shape index (κ2) is 5.85. The van der Waals surface area contributed by atoms with Crippen LogP contribution in [-0.2, 0) is 14.2 Å². The molecule has 0 bridgehead atoms. The van der Waals surface area contributed by atoms with Crippen LogP contribution in [0, 0.1) is 0 Å². The van der Waals surface area contributed by atoms with Gasteiger partial charge in [-0.05, 0) is 34.6 Å². The lowest BCUT2D eigenvalue weighted by Crippen LogP contribution is -2.56. The molecule has 0 heterocycles. The molecule has 0 saturated carbocycles. The topological polar surface area (TPSA) is 27.7 Å². The second-order valence-corrected chi connectivity index (χ2v) is 5.07. The quantitative estimate of drug-likeness (QED) is 0.471. The van der Waals surface area contributed by atoms with Crippen LogP contribution in [0.2, 0.25) is 0 Å². The third kappa shape index (κ3) is 3.35. The highest BCUT2D eigenvalue weighted by atomic mass is 28.1.